The van der Waals surface area contributed by atoms with E-state index >= 15 is 0 Å². The molecule has 5 nitrogen and oxygen atoms in total. The van der Waals surface area contributed by atoms with Gasteiger partial charge in [0.15, 0.2) is 5.78 Å². The summed E-state index contributed by atoms with van der Waals surface area (Å²) in [6.07, 6.45) is -0.986. The van der Waals surface area contributed by atoms with E-state index in [4.69, 9.17) is 4.74 Å². The summed E-state index contributed by atoms with van der Waals surface area (Å²) in [6, 6.07) is 11.2. The fraction of sp³-hybridized carbons (Fsp3) is 0.300. The number of hydrogen-bond acceptors (Lipinski definition) is 5. The maximum atomic E-state index is 12.7. The molecular formula is C20H21NO4S. The third-order valence-electron chi connectivity index (χ3n) is 4.55. The normalized spacial score (nSPS) is 20.7. The largest absolute Gasteiger partial charge is 0.485 e. The minimum atomic E-state index is -0.986. The van der Waals surface area contributed by atoms with Crippen molar-refractivity contribution in [3.63, 3.8) is 0 Å². The zero-order valence-electron chi connectivity index (χ0n) is 14.8. The van der Waals surface area contributed by atoms with Crippen LogP contribution in [0.5, 0.6) is 5.75 Å². The van der Waals surface area contributed by atoms with E-state index in [1.54, 1.807) is 56.3 Å². The molecule has 0 fully saturated rings. The number of aliphatic hydroxyl groups is 1. The summed E-state index contributed by atoms with van der Waals surface area (Å²) in [5.74, 6) is 0.111. The van der Waals surface area contributed by atoms with E-state index in [2.05, 4.69) is 17.9 Å². The molecule has 1 heterocycles. The predicted molar refractivity (Wildman–Crippen MR) is 101 cm³/mol. The van der Waals surface area contributed by atoms with E-state index in [9.17, 15) is 14.7 Å². The van der Waals surface area contributed by atoms with Crippen LogP contribution >= 0.6 is 12.6 Å². The highest BCUT2D eigenvalue weighted by molar-refractivity contribution is 7.80. The Bertz CT molecular complexity index is 878. The Morgan fingerprint density at radius 2 is 1.88 bits per heavy atom. The number of fused-ring (bicyclic) bond motifs is 1. The number of rotatable bonds is 3. The van der Waals surface area contributed by atoms with Gasteiger partial charge >= 0.3 is 0 Å². The first-order chi connectivity index (χ1) is 12.2. The molecule has 1 aliphatic heterocycles. The molecule has 1 amide bonds. The molecule has 0 unspecified atom stereocenters. The third kappa shape index (κ3) is 3.48. The van der Waals surface area contributed by atoms with Gasteiger partial charge in [0.1, 0.15) is 17.5 Å². The van der Waals surface area contributed by atoms with Gasteiger partial charge in [-0.15, -0.1) is 12.6 Å². The number of benzene rings is 2. The fourth-order valence-corrected chi connectivity index (χ4v) is 3.27. The summed E-state index contributed by atoms with van der Waals surface area (Å²) < 4.78 is 5.88. The Kier molecular flexibility index (Phi) is 4.82. The first kappa shape index (κ1) is 18.5. The standard InChI is InChI=1S/C20H21NO4S/c1-11(22)12-7-8-16-15(10-12)17(18(23)20(2,3)25-16)21-19(24)13-5-4-6-14(26)9-13/h4-10,17-18,23,26H,1-3H3,(H,21,24)/t17-,18+/m0/s1. The molecule has 2 aromatic carbocycles. The van der Waals surface area contributed by atoms with E-state index in [1.807, 2.05) is 0 Å². The van der Waals surface area contributed by atoms with Crippen LogP contribution in [0, 0.1) is 0 Å². The number of carbonyl (C=O) groups is 2. The molecule has 6 heteroatoms. The molecule has 1 aliphatic rings. The smallest absolute Gasteiger partial charge is 0.251 e. The van der Waals surface area contributed by atoms with Crippen molar-refractivity contribution < 1.29 is 19.4 Å². The molecule has 0 bridgehead atoms. The van der Waals surface area contributed by atoms with Crippen molar-refractivity contribution in [3.05, 3.63) is 59.2 Å². The van der Waals surface area contributed by atoms with Crippen molar-refractivity contribution in [2.24, 2.45) is 0 Å². The minimum absolute atomic E-state index is 0.0972. The van der Waals surface area contributed by atoms with Crippen molar-refractivity contribution in [2.75, 3.05) is 0 Å². The molecule has 26 heavy (non-hydrogen) atoms. The average Bonchev–Trinajstić information content (AvgIpc) is 2.58. The number of carbonyl (C=O) groups excluding carboxylic acids is 2. The molecular weight excluding hydrogens is 350 g/mol. The van der Waals surface area contributed by atoms with Crippen molar-refractivity contribution in [2.45, 2.75) is 43.4 Å². The van der Waals surface area contributed by atoms with Gasteiger partial charge in [-0.05, 0) is 57.2 Å². The number of hydrogen-bond donors (Lipinski definition) is 3. The lowest BCUT2D eigenvalue weighted by molar-refractivity contribution is -0.0627. The number of ether oxygens (including phenoxy) is 1. The van der Waals surface area contributed by atoms with Gasteiger partial charge in [-0.3, -0.25) is 9.59 Å². The molecule has 0 aliphatic carbocycles. The number of nitrogens with one attached hydrogen (secondary N) is 1. The SMILES string of the molecule is CC(=O)c1ccc2c(c1)[C@H](NC(=O)c1cccc(S)c1)[C@@H](O)C(C)(C)O2. The van der Waals surface area contributed by atoms with Gasteiger partial charge in [0, 0.05) is 21.6 Å². The second-order valence-corrected chi connectivity index (χ2v) is 7.48. The zero-order valence-corrected chi connectivity index (χ0v) is 15.7. The highest BCUT2D eigenvalue weighted by Gasteiger charge is 2.43. The number of Topliss-reactive ketones (excluding diaryl/α,β-unsaturated/α-hetero) is 1. The van der Waals surface area contributed by atoms with Crippen LogP contribution in [0.2, 0.25) is 0 Å². The molecule has 2 aromatic rings. The van der Waals surface area contributed by atoms with Crippen molar-refractivity contribution in [1.82, 2.24) is 5.32 Å². The lowest BCUT2D eigenvalue weighted by Crippen LogP contribution is -2.53. The molecule has 0 saturated carbocycles. The molecule has 0 spiro atoms. The van der Waals surface area contributed by atoms with Gasteiger partial charge in [-0.2, -0.15) is 0 Å². The molecule has 2 atom stereocenters. The predicted octanol–water partition coefficient (Wildman–Crippen LogP) is 3.18. The Balaban J connectivity index is 2.00. The Morgan fingerprint density at radius 3 is 2.54 bits per heavy atom. The quantitative estimate of drug-likeness (QED) is 0.572. The first-order valence-corrected chi connectivity index (χ1v) is 8.75. The van der Waals surface area contributed by atoms with Crippen LogP contribution in [-0.2, 0) is 0 Å². The fourth-order valence-electron chi connectivity index (χ4n) is 3.05. The van der Waals surface area contributed by atoms with Crippen LogP contribution in [0.15, 0.2) is 47.4 Å². The van der Waals surface area contributed by atoms with E-state index in [1.165, 1.54) is 6.92 Å². The average molecular weight is 371 g/mol. The highest BCUT2D eigenvalue weighted by Crippen LogP contribution is 2.40. The lowest BCUT2D eigenvalue weighted by Gasteiger charge is -2.42. The number of amides is 1. The van der Waals surface area contributed by atoms with Crippen LogP contribution in [-0.4, -0.2) is 28.5 Å². The monoisotopic (exact) mass is 371 g/mol. The summed E-state index contributed by atoms with van der Waals surface area (Å²) in [5.41, 5.74) is 0.627. The maximum absolute atomic E-state index is 12.7. The minimum Gasteiger partial charge on any atom is -0.485 e. The van der Waals surface area contributed by atoms with Crippen molar-refractivity contribution >= 4 is 24.3 Å². The summed E-state index contributed by atoms with van der Waals surface area (Å²) in [6.45, 7) is 4.98. The molecule has 136 valence electrons. The van der Waals surface area contributed by atoms with Crippen LogP contribution in [0.25, 0.3) is 0 Å². The van der Waals surface area contributed by atoms with E-state index in [0.717, 1.165) is 0 Å². The summed E-state index contributed by atoms with van der Waals surface area (Å²) in [7, 11) is 0. The molecule has 2 N–H and O–H groups in total. The summed E-state index contributed by atoms with van der Waals surface area (Å²) >= 11 is 4.25. The second-order valence-electron chi connectivity index (χ2n) is 6.96. The van der Waals surface area contributed by atoms with Crippen molar-refractivity contribution in [1.29, 1.82) is 0 Å². The van der Waals surface area contributed by atoms with Crippen LogP contribution in [0.3, 0.4) is 0 Å². The van der Waals surface area contributed by atoms with Crippen molar-refractivity contribution in [3.8, 4) is 5.75 Å². The first-order valence-electron chi connectivity index (χ1n) is 8.31. The van der Waals surface area contributed by atoms with Gasteiger partial charge in [-0.25, -0.2) is 0 Å². The summed E-state index contributed by atoms with van der Waals surface area (Å²) in [5, 5.41) is 13.7. The van der Waals surface area contributed by atoms with E-state index < -0.39 is 17.7 Å². The molecule has 3 rings (SSSR count). The van der Waals surface area contributed by atoms with Crippen LogP contribution in [0.4, 0.5) is 0 Å². The molecule has 0 aromatic heterocycles. The van der Waals surface area contributed by atoms with E-state index in [-0.39, 0.29) is 11.7 Å². The topological polar surface area (TPSA) is 75.6 Å². The molecule has 0 saturated heterocycles. The van der Waals surface area contributed by atoms with Crippen LogP contribution < -0.4 is 10.1 Å². The van der Waals surface area contributed by atoms with Gasteiger partial charge < -0.3 is 15.2 Å². The third-order valence-corrected chi connectivity index (χ3v) is 4.83. The van der Waals surface area contributed by atoms with Gasteiger partial charge in [-0.1, -0.05) is 6.07 Å². The van der Waals surface area contributed by atoms with Gasteiger partial charge in [0.2, 0.25) is 0 Å². The number of aliphatic hydroxyl groups excluding tert-OH is 1. The lowest BCUT2D eigenvalue weighted by atomic mass is 9.85. The maximum Gasteiger partial charge on any atom is 0.251 e. The highest BCUT2D eigenvalue weighted by atomic mass is 32.1. The van der Waals surface area contributed by atoms with E-state index in [0.29, 0.717) is 27.3 Å². The Hall–Kier alpha value is -2.31. The number of ketones is 1. The summed E-state index contributed by atoms with van der Waals surface area (Å²) in [4.78, 5) is 25.1. The second kappa shape index (κ2) is 6.78. The van der Waals surface area contributed by atoms with Gasteiger partial charge in [0.05, 0.1) is 6.04 Å². The Labute approximate surface area is 157 Å². The van der Waals surface area contributed by atoms with Gasteiger partial charge in [0.25, 0.3) is 5.91 Å². The zero-order chi connectivity index (χ0) is 19.1. The number of thiol groups is 1. The Morgan fingerprint density at radius 1 is 1.15 bits per heavy atom. The van der Waals surface area contributed by atoms with Crippen LogP contribution in [0.1, 0.15) is 53.1 Å². The molecule has 0 radical (unpaired) electrons.